The van der Waals surface area contributed by atoms with Crippen molar-refractivity contribution in [2.45, 2.75) is 45.2 Å². The summed E-state index contributed by atoms with van der Waals surface area (Å²) in [6, 6.07) is 11.9. The van der Waals surface area contributed by atoms with Crippen molar-refractivity contribution in [1.82, 2.24) is 15.1 Å². The summed E-state index contributed by atoms with van der Waals surface area (Å²) in [5.41, 5.74) is 1.98. The third-order valence-corrected chi connectivity index (χ3v) is 6.56. The largest absolute Gasteiger partial charge is 0.316 e. The molecule has 3 fully saturated rings. The summed E-state index contributed by atoms with van der Waals surface area (Å²) in [7, 11) is 0. The molecule has 3 aliphatic rings. The Bertz CT molecular complexity index is 523. The van der Waals surface area contributed by atoms with E-state index >= 15 is 0 Å². The van der Waals surface area contributed by atoms with Gasteiger partial charge < -0.3 is 10.2 Å². The van der Waals surface area contributed by atoms with Crippen LogP contribution in [0.2, 0.25) is 0 Å². The zero-order chi connectivity index (χ0) is 16.4. The molecule has 3 unspecified atom stereocenters. The van der Waals surface area contributed by atoms with Crippen molar-refractivity contribution in [3.05, 3.63) is 35.9 Å². The Kier molecular flexibility index (Phi) is 4.93. The average molecular weight is 328 g/mol. The van der Waals surface area contributed by atoms with Crippen molar-refractivity contribution < 1.29 is 0 Å². The second-order valence-electron chi connectivity index (χ2n) is 8.69. The van der Waals surface area contributed by atoms with Crippen molar-refractivity contribution in [3.63, 3.8) is 0 Å². The van der Waals surface area contributed by atoms with Crippen LogP contribution in [-0.4, -0.2) is 55.1 Å². The molecule has 3 atom stereocenters. The Labute approximate surface area is 147 Å². The molecular formula is C21H33N3. The fraction of sp³-hybridized carbons (Fsp3) is 0.714. The summed E-state index contributed by atoms with van der Waals surface area (Å²) in [5, 5.41) is 3.56. The molecule has 0 amide bonds. The molecule has 0 spiro atoms. The van der Waals surface area contributed by atoms with Gasteiger partial charge in [-0.1, -0.05) is 37.3 Å². The monoisotopic (exact) mass is 327 g/mol. The van der Waals surface area contributed by atoms with Gasteiger partial charge in [0.15, 0.2) is 0 Å². The van der Waals surface area contributed by atoms with E-state index in [-0.39, 0.29) is 0 Å². The molecule has 4 rings (SSSR count). The van der Waals surface area contributed by atoms with Gasteiger partial charge >= 0.3 is 0 Å². The Morgan fingerprint density at radius 2 is 2.04 bits per heavy atom. The van der Waals surface area contributed by atoms with Crippen molar-refractivity contribution in [1.29, 1.82) is 0 Å². The summed E-state index contributed by atoms with van der Waals surface area (Å²) < 4.78 is 0. The van der Waals surface area contributed by atoms with Crippen molar-refractivity contribution >= 4 is 0 Å². The number of fused-ring (bicyclic) bond motifs is 1. The van der Waals surface area contributed by atoms with Crippen LogP contribution in [0.3, 0.4) is 0 Å². The minimum absolute atomic E-state index is 0.505. The van der Waals surface area contributed by atoms with E-state index in [4.69, 9.17) is 0 Å². The number of likely N-dealkylation sites (tertiary alicyclic amines) is 2. The minimum Gasteiger partial charge on any atom is -0.316 e. The highest BCUT2D eigenvalue weighted by Gasteiger charge is 2.38. The normalized spacial score (nSPS) is 35.0. The van der Waals surface area contributed by atoms with Gasteiger partial charge in [-0.3, -0.25) is 4.90 Å². The van der Waals surface area contributed by atoms with Gasteiger partial charge in [0, 0.05) is 32.2 Å². The lowest BCUT2D eigenvalue weighted by molar-refractivity contribution is 0.00701. The van der Waals surface area contributed by atoms with E-state index in [0.29, 0.717) is 5.41 Å². The highest BCUT2D eigenvalue weighted by Crippen LogP contribution is 2.34. The molecule has 3 saturated heterocycles. The van der Waals surface area contributed by atoms with Crippen LogP contribution in [0.25, 0.3) is 0 Å². The standard InChI is InChI=1S/C21H33N3/c1-21(10-11-22-16-21)17-23-13-9-20-19(15-23)8-5-12-24(20)14-18-6-3-2-4-7-18/h2-4,6-7,19-20,22H,5,8-17H2,1H3. The number of nitrogens with one attached hydrogen (secondary N) is 1. The lowest BCUT2D eigenvalue weighted by Gasteiger charge is -2.48. The first-order valence-electron chi connectivity index (χ1n) is 9.93. The quantitative estimate of drug-likeness (QED) is 0.917. The topological polar surface area (TPSA) is 18.5 Å². The summed E-state index contributed by atoms with van der Waals surface area (Å²) in [6.45, 7) is 11.2. The molecule has 132 valence electrons. The molecular weight excluding hydrogens is 294 g/mol. The average Bonchev–Trinajstić information content (AvgIpc) is 3.02. The van der Waals surface area contributed by atoms with Crippen LogP contribution in [0.1, 0.15) is 38.2 Å². The Morgan fingerprint density at radius 1 is 1.17 bits per heavy atom. The molecule has 24 heavy (non-hydrogen) atoms. The van der Waals surface area contributed by atoms with E-state index in [2.05, 4.69) is 52.4 Å². The second-order valence-corrected chi connectivity index (χ2v) is 8.69. The van der Waals surface area contributed by atoms with Crippen LogP contribution in [0.15, 0.2) is 30.3 Å². The lowest BCUT2D eigenvalue weighted by Crippen LogP contribution is -2.55. The van der Waals surface area contributed by atoms with E-state index < -0.39 is 0 Å². The van der Waals surface area contributed by atoms with Gasteiger partial charge in [0.25, 0.3) is 0 Å². The van der Waals surface area contributed by atoms with Crippen molar-refractivity contribution in [3.8, 4) is 0 Å². The van der Waals surface area contributed by atoms with Gasteiger partial charge in [-0.05, 0) is 62.2 Å². The molecule has 1 aromatic rings. The van der Waals surface area contributed by atoms with Gasteiger partial charge in [0.05, 0.1) is 0 Å². The predicted octanol–water partition coefficient (Wildman–Crippen LogP) is 2.97. The van der Waals surface area contributed by atoms with Gasteiger partial charge in [0.1, 0.15) is 0 Å². The smallest absolute Gasteiger partial charge is 0.0236 e. The van der Waals surface area contributed by atoms with Crippen LogP contribution in [0.5, 0.6) is 0 Å². The molecule has 3 heteroatoms. The lowest BCUT2D eigenvalue weighted by atomic mass is 9.82. The molecule has 0 aliphatic carbocycles. The Balaban J connectivity index is 1.36. The Morgan fingerprint density at radius 3 is 2.83 bits per heavy atom. The van der Waals surface area contributed by atoms with Gasteiger partial charge in [-0.25, -0.2) is 0 Å². The summed E-state index contributed by atoms with van der Waals surface area (Å²) in [4.78, 5) is 5.56. The number of benzene rings is 1. The molecule has 0 aromatic heterocycles. The van der Waals surface area contributed by atoms with Crippen LogP contribution < -0.4 is 5.32 Å². The zero-order valence-electron chi connectivity index (χ0n) is 15.2. The van der Waals surface area contributed by atoms with E-state index in [1.54, 1.807) is 0 Å². The van der Waals surface area contributed by atoms with Crippen LogP contribution >= 0.6 is 0 Å². The maximum atomic E-state index is 3.56. The molecule has 3 nitrogen and oxygen atoms in total. The van der Waals surface area contributed by atoms with Crippen LogP contribution in [-0.2, 0) is 6.54 Å². The molecule has 3 aliphatic heterocycles. The number of hydrogen-bond acceptors (Lipinski definition) is 3. The van der Waals surface area contributed by atoms with Crippen LogP contribution in [0.4, 0.5) is 0 Å². The van der Waals surface area contributed by atoms with Gasteiger partial charge in [0.2, 0.25) is 0 Å². The van der Waals surface area contributed by atoms with E-state index in [1.165, 1.54) is 70.5 Å². The van der Waals surface area contributed by atoms with Gasteiger partial charge in [-0.15, -0.1) is 0 Å². The zero-order valence-corrected chi connectivity index (χ0v) is 15.2. The summed E-state index contributed by atoms with van der Waals surface area (Å²) in [5.74, 6) is 0.883. The molecule has 0 bridgehead atoms. The highest BCUT2D eigenvalue weighted by atomic mass is 15.2. The fourth-order valence-electron chi connectivity index (χ4n) is 5.28. The third kappa shape index (κ3) is 3.68. The number of nitrogens with zero attached hydrogens (tertiary/aromatic N) is 2. The van der Waals surface area contributed by atoms with E-state index in [9.17, 15) is 0 Å². The first-order valence-corrected chi connectivity index (χ1v) is 9.93. The Hall–Kier alpha value is -0.900. The van der Waals surface area contributed by atoms with Crippen molar-refractivity contribution in [2.75, 3.05) is 39.3 Å². The predicted molar refractivity (Wildman–Crippen MR) is 100 cm³/mol. The highest BCUT2D eigenvalue weighted by molar-refractivity contribution is 5.15. The first kappa shape index (κ1) is 16.6. The third-order valence-electron chi connectivity index (χ3n) is 6.56. The number of piperidine rings is 2. The van der Waals surface area contributed by atoms with E-state index in [1.807, 2.05) is 0 Å². The molecule has 0 radical (unpaired) electrons. The molecule has 0 saturated carbocycles. The maximum Gasteiger partial charge on any atom is 0.0236 e. The SMILES string of the molecule is CC1(CN2CCC3C(CCCN3Cc3ccccc3)C2)CCNC1. The molecule has 1 N–H and O–H groups in total. The molecule has 1 aromatic carbocycles. The minimum atomic E-state index is 0.505. The maximum absolute atomic E-state index is 3.56. The number of rotatable bonds is 4. The summed E-state index contributed by atoms with van der Waals surface area (Å²) in [6.07, 6.45) is 5.51. The summed E-state index contributed by atoms with van der Waals surface area (Å²) >= 11 is 0. The first-order chi connectivity index (χ1) is 11.7. The second kappa shape index (κ2) is 7.15. The van der Waals surface area contributed by atoms with E-state index in [0.717, 1.165) is 18.5 Å². The number of hydrogen-bond donors (Lipinski definition) is 1. The van der Waals surface area contributed by atoms with Gasteiger partial charge in [-0.2, -0.15) is 0 Å². The van der Waals surface area contributed by atoms with Crippen molar-refractivity contribution in [2.24, 2.45) is 11.3 Å². The fourth-order valence-corrected chi connectivity index (χ4v) is 5.28. The van der Waals surface area contributed by atoms with Crippen LogP contribution in [0, 0.1) is 11.3 Å². The molecule has 3 heterocycles.